The summed E-state index contributed by atoms with van der Waals surface area (Å²) in [5.74, 6) is 0.672. The molecule has 0 radical (unpaired) electrons. The summed E-state index contributed by atoms with van der Waals surface area (Å²) in [4.78, 5) is 22.0. The van der Waals surface area contributed by atoms with Crippen molar-refractivity contribution in [1.29, 1.82) is 0 Å². The second-order valence-electron chi connectivity index (χ2n) is 10.4. The minimum Gasteiger partial charge on any atom is -0.460 e. The van der Waals surface area contributed by atoms with Crippen molar-refractivity contribution in [3.8, 4) is 11.8 Å². The lowest BCUT2D eigenvalue weighted by molar-refractivity contribution is -0.171. The van der Waals surface area contributed by atoms with Crippen LogP contribution in [0.3, 0.4) is 0 Å². The predicted octanol–water partition coefficient (Wildman–Crippen LogP) is 4.03. The molecule has 0 unspecified atom stereocenters. The second-order valence-corrected chi connectivity index (χ2v) is 10.4. The number of aliphatic hydroxyl groups is 1. The summed E-state index contributed by atoms with van der Waals surface area (Å²) in [5.41, 5.74) is -0.899. The highest BCUT2D eigenvalue weighted by molar-refractivity contribution is 5.77. The van der Waals surface area contributed by atoms with Crippen LogP contribution in [0.2, 0.25) is 0 Å². The highest BCUT2D eigenvalue weighted by Crippen LogP contribution is 2.41. The molecule has 8 heteroatoms. The van der Waals surface area contributed by atoms with Crippen LogP contribution in [0.15, 0.2) is 24.7 Å². The highest BCUT2D eigenvalue weighted by Gasteiger charge is 2.44. The largest absolute Gasteiger partial charge is 0.460 e. The Bertz CT molecular complexity index is 903. The molecule has 1 aliphatic carbocycles. The molecule has 2 heterocycles. The van der Waals surface area contributed by atoms with E-state index >= 15 is 0 Å². The van der Waals surface area contributed by atoms with Crippen LogP contribution in [0, 0.1) is 5.41 Å². The topological polar surface area (TPSA) is 99.4 Å². The van der Waals surface area contributed by atoms with Crippen molar-refractivity contribution in [1.82, 2.24) is 19.7 Å². The van der Waals surface area contributed by atoms with Crippen LogP contribution < -0.4 is 4.74 Å². The first-order chi connectivity index (χ1) is 14.4. The van der Waals surface area contributed by atoms with Gasteiger partial charge in [-0.25, -0.2) is 9.67 Å². The molecule has 170 valence electrons. The van der Waals surface area contributed by atoms with Crippen LogP contribution >= 0.6 is 0 Å². The van der Waals surface area contributed by atoms with Crippen LogP contribution in [-0.4, -0.2) is 42.5 Å². The lowest BCUT2D eigenvalue weighted by Gasteiger charge is -2.38. The third-order valence-electron chi connectivity index (χ3n) is 5.38. The molecule has 3 rings (SSSR count). The second kappa shape index (κ2) is 8.57. The molecule has 8 nitrogen and oxygen atoms in total. The molecule has 0 aromatic carbocycles. The van der Waals surface area contributed by atoms with Crippen molar-refractivity contribution >= 4 is 5.97 Å². The Morgan fingerprint density at radius 2 is 1.87 bits per heavy atom. The van der Waals surface area contributed by atoms with Crippen LogP contribution in [-0.2, 0) is 21.5 Å². The monoisotopic (exact) mass is 430 g/mol. The zero-order valence-electron chi connectivity index (χ0n) is 19.4. The van der Waals surface area contributed by atoms with Crippen molar-refractivity contribution < 1.29 is 19.4 Å². The number of hydrogen-bond acceptors (Lipinski definition) is 7. The van der Waals surface area contributed by atoms with Gasteiger partial charge in [-0.2, -0.15) is 5.10 Å². The summed E-state index contributed by atoms with van der Waals surface area (Å²) < 4.78 is 13.5. The number of aromatic nitrogens is 4. The number of carbonyl (C=O) groups excluding carboxylic acids is 1. The van der Waals surface area contributed by atoms with Gasteiger partial charge < -0.3 is 14.6 Å². The number of nitrogens with zero attached hydrogens (tertiary/aromatic N) is 4. The van der Waals surface area contributed by atoms with E-state index in [9.17, 15) is 9.90 Å². The van der Waals surface area contributed by atoms with Crippen molar-refractivity contribution in [2.45, 2.75) is 90.9 Å². The lowest BCUT2D eigenvalue weighted by atomic mass is 9.70. The van der Waals surface area contributed by atoms with Gasteiger partial charge >= 0.3 is 5.97 Å². The maximum atomic E-state index is 13.1. The number of carbonyl (C=O) groups is 1. The Morgan fingerprint density at radius 1 is 1.19 bits per heavy atom. The van der Waals surface area contributed by atoms with Gasteiger partial charge in [0.05, 0.1) is 35.1 Å². The summed E-state index contributed by atoms with van der Waals surface area (Å²) in [6.07, 6.45) is 7.12. The fraction of sp³-hybridized carbons (Fsp3) is 0.652. The Hall–Kier alpha value is -2.48. The van der Waals surface area contributed by atoms with E-state index in [1.165, 1.54) is 0 Å². The number of rotatable bonds is 5. The molecule has 0 atom stereocenters. The van der Waals surface area contributed by atoms with Gasteiger partial charge in [-0.3, -0.25) is 9.78 Å². The summed E-state index contributed by atoms with van der Waals surface area (Å²) in [6, 6.07) is 1.78. The first-order valence-electron chi connectivity index (χ1n) is 10.8. The summed E-state index contributed by atoms with van der Waals surface area (Å²) >= 11 is 0. The summed E-state index contributed by atoms with van der Waals surface area (Å²) in [5, 5.41) is 14.3. The van der Waals surface area contributed by atoms with Crippen LogP contribution in [0.5, 0.6) is 11.8 Å². The van der Waals surface area contributed by atoms with Gasteiger partial charge in [0.25, 0.3) is 0 Å². The molecule has 1 aliphatic rings. The molecule has 0 saturated heterocycles. The van der Waals surface area contributed by atoms with Crippen molar-refractivity contribution in [3.63, 3.8) is 0 Å². The van der Waals surface area contributed by atoms with Gasteiger partial charge in [0.1, 0.15) is 5.60 Å². The van der Waals surface area contributed by atoms with Crippen molar-refractivity contribution in [3.05, 3.63) is 30.4 Å². The van der Waals surface area contributed by atoms with Crippen LogP contribution in [0.25, 0.3) is 0 Å². The maximum Gasteiger partial charge on any atom is 0.312 e. The molecular weight excluding hydrogens is 396 g/mol. The first kappa shape index (κ1) is 23.2. The summed E-state index contributed by atoms with van der Waals surface area (Å²) in [6.45, 7) is 11.7. The van der Waals surface area contributed by atoms with Gasteiger partial charge in [0, 0.05) is 18.7 Å². The van der Waals surface area contributed by atoms with E-state index in [0.29, 0.717) is 49.6 Å². The average molecular weight is 431 g/mol. The lowest BCUT2D eigenvalue weighted by Crippen LogP contribution is -2.43. The molecule has 0 amide bonds. The first-order valence-corrected chi connectivity index (χ1v) is 10.8. The van der Waals surface area contributed by atoms with E-state index in [0.717, 1.165) is 0 Å². The van der Waals surface area contributed by atoms with E-state index in [2.05, 4.69) is 15.1 Å². The molecular formula is C23H34N4O4. The van der Waals surface area contributed by atoms with E-state index in [1.807, 2.05) is 41.5 Å². The fourth-order valence-electron chi connectivity index (χ4n) is 3.84. The Morgan fingerprint density at radius 3 is 2.48 bits per heavy atom. The van der Waals surface area contributed by atoms with Crippen LogP contribution in [0.4, 0.5) is 0 Å². The van der Waals surface area contributed by atoms with E-state index in [1.54, 1.807) is 29.3 Å². The maximum absolute atomic E-state index is 13.1. The molecule has 0 spiro atoms. The number of aliphatic hydroxyl groups excluding tert-OH is 1. The predicted molar refractivity (Wildman–Crippen MR) is 116 cm³/mol. The van der Waals surface area contributed by atoms with Gasteiger partial charge in [-0.15, -0.1) is 0 Å². The quantitative estimate of drug-likeness (QED) is 0.715. The van der Waals surface area contributed by atoms with Gasteiger partial charge in [0.2, 0.25) is 11.8 Å². The van der Waals surface area contributed by atoms with Crippen LogP contribution in [0.1, 0.15) is 72.9 Å². The SMILES string of the molecule is CC(C)(C)OC(=O)[C@]1(Cc2cncc(Oc3ccnn3C(C)(C)C)n2)CC[C@H](O)CC1. The number of hydrogen-bond donors (Lipinski definition) is 1. The highest BCUT2D eigenvalue weighted by atomic mass is 16.6. The fourth-order valence-corrected chi connectivity index (χ4v) is 3.84. The average Bonchev–Trinajstić information content (AvgIpc) is 3.11. The van der Waals surface area contributed by atoms with Gasteiger partial charge in [-0.1, -0.05) is 0 Å². The normalized spacial score (nSPS) is 22.2. The Balaban J connectivity index is 1.83. The summed E-state index contributed by atoms with van der Waals surface area (Å²) in [7, 11) is 0. The minimum atomic E-state index is -0.729. The Kier molecular flexibility index (Phi) is 6.41. The standard InChI is InChI=1S/C23H34N4O4/c1-21(2,3)27-19(9-12-25-27)30-18-15-24-14-16(26-18)13-23(10-7-17(28)8-11-23)20(29)31-22(4,5)6/h9,12,14-15,17,28H,7-8,10-11,13H2,1-6H3/t17-,23+. The smallest absolute Gasteiger partial charge is 0.312 e. The molecule has 2 aromatic rings. The molecule has 31 heavy (non-hydrogen) atoms. The van der Waals surface area contributed by atoms with Gasteiger partial charge in [0.15, 0.2) is 0 Å². The van der Waals surface area contributed by atoms with Crippen molar-refractivity contribution in [2.75, 3.05) is 0 Å². The minimum absolute atomic E-state index is 0.242. The molecule has 2 aromatic heterocycles. The zero-order valence-corrected chi connectivity index (χ0v) is 19.4. The molecule has 1 fully saturated rings. The number of esters is 1. The molecule has 0 bridgehead atoms. The van der Waals surface area contributed by atoms with Crippen molar-refractivity contribution in [2.24, 2.45) is 5.41 Å². The van der Waals surface area contributed by atoms with Gasteiger partial charge in [-0.05, 0) is 67.2 Å². The third kappa shape index (κ3) is 5.81. The van der Waals surface area contributed by atoms with E-state index in [4.69, 9.17) is 9.47 Å². The Labute approximate surface area is 184 Å². The van der Waals surface area contributed by atoms with E-state index < -0.39 is 11.0 Å². The third-order valence-corrected chi connectivity index (χ3v) is 5.38. The molecule has 1 saturated carbocycles. The molecule has 0 aliphatic heterocycles. The molecule has 1 N–H and O–H groups in total. The number of ether oxygens (including phenoxy) is 2. The van der Waals surface area contributed by atoms with E-state index in [-0.39, 0.29) is 17.6 Å². The zero-order chi connectivity index (χ0) is 22.9.